The SMILES string of the molecule is OC1(c2cccc3n[nH]c(Br)c23)CC1. The molecule has 3 rings (SSSR count). The van der Waals surface area contributed by atoms with Crippen LogP contribution in [0.1, 0.15) is 18.4 Å². The Morgan fingerprint density at radius 3 is 2.93 bits per heavy atom. The monoisotopic (exact) mass is 252 g/mol. The van der Waals surface area contributed by atoms with Crippen LogP contribution in [0.3, 0.4) is 0 Å². The van der Waals surface area contributed by atoms with E-state index in [-0.39, 0.29) is 0 Å². The van der Waals surface area contributed by atoms with Gasteiger partial charge in [-0.15, -0.1) is 0 Å². The van der Waals surface area contributed by atoms with E-state index in [1.807, 2.05) is 18.2 Å². The number of aliphatic hydroxyl groups is 1. The summed E-state index contributed by atoms with van der Waals surface area (Å²) in [5.74, 6) is 0. The Morgan fingerprint density at radius 1 is 1.43 bits per heavy atom. The molecule has 1 aliphatic carbocycles. The van der Waals surface area contributed by atoms with Gasteiger partial charge in [0, 0.05) is 5.39 Å². The van der Waals surface area contributed by atoms with E-state index in [2.05, 4.69) is 26.1 Å². The molecule has 2 N–H and O–H groups in total. The maximum Gasteiger partial charge on any atom is 0.109 e. The van der Waals surface area contributed by atoms with E-state index in [1.165, 1.54) is 0 Å². The summed E-state index contributed by atoms with van der Waals surface area (Å²) < 4.78 is 0.850. The Labute approximate surface area is 89.3 Å². The van der Waals surface area contributed by atoms with Crippen LogP contribution in [0.5, 0.6) is 0 Å². The third-order valence-corrected chi connectivity index (χ3v) is 3.34. The van der Waals surface area contributed by atoms with Crippen molar-refractivity contribution in [2.75, 3.05) is 0 Å². The summed E-state index contributed by atoms with van der Waals surface area (Å²) in [6.07, 6.45) is 1.70. The molecule has 0 bridgehead atoms. The second-order valence-corrected chi connectivity index (χ2v) is 4.56. The first-order valence-corrected chi connectivity index (χ1v) is 5.35. The third kappa shape index (κ3) is 1.04. The standard InChI is InChI=1S/C10H9BrN2O/c11-9-8-6(10(14)4-5-10)2-1-3-7(8)12-13-9/h1-3,14H,4-5H2,(H,12,13). The van der Waals surface area contributed by atoms with Gasteiger partial charge in [0.15, 0.2) is 0 Å². The van der Waals surface area contributed by atoms with Crippen LogP contribution in [-0.4, -0.2) is 15.3 Å². The van der Waals surface area contributed by atoms with Crippen molar-refractivity contribution in [1.29, 1.82) is 0 Å². The molecule has 0 unspecified atom stereocenters. The Hall–Kier alpha value is -0.870. The molecule has 0 radical (unpaired) electrons. The Kier molecular flexibility index (Phi) is 1.56. The number of halogens is 1. The minimum Gasteiger partial charge on any atom is -0.385 e. The average molecular weight is 253 g/mol. The van der Waals surface area contributed by atoms with Crippen LogP contribution < -0.4 is 0 Å². The van der Waals surface area contributed by atoms with Crippen molar-refractivity contribution in [2.24, 2.45) is 0 Å². The minimum absolute atomic E-state index is 0.605. The molecule has 1 fully saturated rings. The minimum atomic E-state index is -0.605. The number of aromatic nitrogens is 2. The van der Waals surface area contributed by atoms with Crippen molar-refractivity contribution < 1.29 is 5.11 Å². The molecule has 0 saturated heterocycles. The number of H-pyrrole nitrogens is 1. The van der Waals surface area contributed by atoms with Gasteiger partial charge in [0.1, 0.15) is 4.60 Å². The van der Waals surface area contributed by atoms with Gasteiger partial charge in [-0.25, -0.2) is 0 Å². The van der Waals surface area contributed by atoms with Crippen molar-refractivity contribution in [2.45, 2.75) is 18.4 Å². The van der Waals surface area contributed by atoms with Gasteiger partial charge in [0.25, 0.3) is 0 Å². The van der Waals surface area contributed by atoms with Gasteiger partial charge in [-0.2, -0.15) is 5.10 Å². The molecule has 1 aromatic heterocycles. The fourth-order valence-corrected chi connectivity index (χ4v) is 2.31. The molecular weight excluding hydrogens is 244 g/mol. The van der Waals surface area contributed by atoms with Crippen LogP contribution in [0.2, 0.25) is 0 Å². The van der Waals surface area contributed by atoms with Crippen molar-refractivity contribution in [1.82, 2.24) is 10.2 Å². The number of hydrogen-bond acceptors (Lipinski definition) is 2. The molecule has 0 aliphatic heterocycles. The fourth-order valence-electron chi connectivity index (χ4n) is 1.80. The predicted molar refractivity (Wildman–Crippen MR) is 56.9 cm³/mol. The van der Waals surface area contributed by atoms with Gasteiger partial charge in [-0.3, -0.25) is 5.10 Å². The summed E-state index contributed by atoms with van der Waals surface area (Å²) >= 11 is 3.41. The van der Waals surface area contributed by atoms with Gasteiger partial charge in [-0.05, 0) is 40.4 Å². The van der Waals surface area contributed by atoms with Gasteiger partial charge < -0.3 is 5.11 Å². The first-order valence-electron chi connectivity index (χ1n) is 4.56. The van der Waals surface area contributed by atoms with E-state index in [4.69, 9.17) is 0 Å². The average Bonchev–Trinajstić information content (AvgIpc) is 2.83. The van der Waals surface area contributed by atoms with Gasteiger partial charge >= 0.3 is 0 Å². The molecule has 14 heavy (non-hydrogen) atoms. The fraction of sp³-hybridized carbons (Fsp3) is 0.300. The van der Waals surface area contributed by atoms with Crippen molar-refractivity contribution in [3.8, 4) is 0 Å². The second kappa shape index (κ2) is 2.58. The zero-order valence-corrected chi connectivity index (χ0v) is 9.00. The lowest BCUT2D eigenvalue weighted by molar-refractivity contribution is 0.153. The number of benzene rings is 1. The number of nitrogens with zero attached hydrogens (tertiary/aromatic N) is 1. The van der Waals surface area contributed by atoms with Crippen LogP contribution in [0.4, 0.5) is 0 Å². The zero-order valence-electron chi connectivity index (χ0n) is 7.42. The molecule has 1 saturated carbocycles. The number of aromatic amines is 1. The summed E-state index contributed by atoms with van der Waals surface area (Å²) in [6, 6.07) is 5.84. The highest BCUT2D eigenvalue weighted by Gasteiger charge is 2.43. The van der Waals surface area contributed by atoms with E-state index in [0.717, 1.165) is 33.9 Å². The van der Waals surface area contributed by atoms with Crippen LogP contribution in [-0.2, 0) is 5.60 Å². The largest absolute Gasteiger partial charge is 0.385 e. The van der Waals surface area contributed by atoms with Crippen LogP contribution in [0, 0.1) is 0 Å². The molecule has 4 heteroatoms. The summed E-state index contributed by atoms with van der Waals surface area (Å²) in [5, 5.41) is 18.1. The van der Waals surface area contributed by atoms with Crippen LogP contribution in [0.25, 0.3) is 10.9 Å². The van der Waals surface area contributed by atoms with E-state index in [9.17, 15) is 5.11 Å². The Morgan fingerprint density at radius 2 is 2.21 bits per heavy atom. The number of hydrogen-bond donors (Lipinski definition) is 2. The first-order chi connectivity index (χ1) is 6.71. The van der Waals surface area contributed by atoms with E-state index in [1.54, 1.807) is 0 Å². The summed E-state index contributed by atoms with van der Waals surface area (Å²) in [5.41, 5.74) is 1.27. The topological polar surface area (TPSA) is 48.9 Å². The smallest absolute Gasteiger partial charge is 0.109 e. The van der Waals surface area contributed by atoms with Crippen molar-refractivity contribution >= 4 is 26.8 Å². The van der Waals surface area contributed by atoms with Crippen LogP contribution >= 0.6 is 15.9 Å². The summed E-state index contributed by atoms with van der Waals surface area (Å²) in [7, 11) is 0. The summed E-state index contributed by atoms with van der Waals surface area (Å²) in [4.78, 5) is 0. The maximum atomic E-state index is 10.1. The van der Waals surface area contributed by atoms with E-state index < -0.39 is 5.60 Å². The Bertz CT molecular complexity index is 502. The molecule has 0 amide bonds. The van der Waals surface area contributed by atoms with Crippen molar-refractivity contribution in [3.63, 3.8) is 0 Å². The molecule has 3 nitrogen and oxygen atoms in total. The number of nitrogens with one attached hydrogen (secondary N) is 1. The molecule has 0 atom stereocenters. The van der Waals surface area contributed by atoms with Crippen molar-refractivity contribution in [3.05, 3.63) is 28.4 Å². The molecule has 2 aromatic rings. The molecule has 1 aliphatic rings. The number of rotatable bonds is 1. The second-order valence-electron chi connectivity index (χ2n) is 3.77. The highest BCUT2D eigenvalue weighted by Crippen LogP contribution is 2.48. The van der Waals surface area contributed by atoms with Gasteiger partial charge in [-0.1, -0.05) is 12.1 Å². The molecule has 1 heterocycles. The van der Waals surface area contributed by atoms with Gasteiger partial charge in [0.2, 0.25) is 0 Å². The zero-order chi connectivity index (χ0) is 9.76. The number of fused-ring (bicyclic) bond motifs is 1. The van der Waals surface area contributed by atoms with Crippen LogP contribution in [0.15, 0.2) is 22.8 Å². The van der Waals surface area contributed by atoms with Gasteiger partial charge in [0.05, 0.1) is 11.1 Å². The highest BCUT2D eigenvalue weighted by atomic mass is 79.9. The molecule has 0 spiro atoms. The molecule has 72 valence electrons. The van der Waals surface area contributed by atoms with E-state index >= 15 is 0 Å². The normalized spacial score (nSPS) is 18.7. The quantitative estimate of drug-likeness (QED) is 0.819. The lowest BCUT2D eigenvalue weighted by Crippen LogP contribution is -2.04. The highest BCUT2D eigenvalue weighted by molar-refractivity contribution is 9.10. The maximum absolute atomic E-state index is 10.1. The predicted octanol–water partition coefficient (Wildman–Crippen LogP) is 2.31. The Balaban J connectivity index is 2.37. The third-order valence-electron chi connectivity index (χ3n) is 2.76. The summed E-state index contributed by atoms with van der Waals surface area (Å²) in [6.45, 7) is 0. The lowest BCUT2D eigenvalue weighted by Gasteiger charge is -2.08. The molecular formula is C10H9BrN2O. The van der Waals surface area contributed by atoms with E-state index in [0.29, 0.717) is 0 Å². The molecule has 1 aromatic carbocycles. The lowest BCUT2D eigenvalue weighted by atomic mass is 10.0. The first kappa shape index (κ1) is 8.44.